The zero-order chi connectivity index (χ0) is 14.7. The summed E-state index contributed by atoms with van der Waals surface area (Å²) in [6.07, 6.45) is 5.48. The lowest BCUT2D eigenvalue weighted by Crippen LogP contribution is -2.35. The molecule has 1 amide bonds. The third-order valence-electron chi connectivity index (χ3n) is 4.29. The van der Waals surface area contributed by atoms with E-state index in [1.807, 2.05) is 12.1 Å². The van der Waals surface area contributed by atoms with Gasteiger partial charge in [-0.05, 0) is 18.9 Å². The summed E-state index contributed by atoms with van der Waals surface area (Å²) < 4.78 is 6.50. The largest absolute Gasteiger partial charge is 0.423 e. The summed E-state index contributed by atoms with van der Waals surface area (Å²) in [5, 5.41) is 2.94. The molecule has 5 heteroatoms. The monoisotopic (exact) mass is 289 g/mol. The fourth-order valence-electron chi connectivity index (χ4n) is 3.09. The van der Waals surface area contributed by atoms with Crippen molar-refractivity contribution in [2.24, 2.45) is 5.92 Å². The molecule has 1 heterocycles. The first-order valence-corrected chi connectivity index (χ1v) is 7.75. The molecule has 0 spiro atoms. The predicted molar refractivity (Wildman–Crippen MR) is 78.3 cm³/mol. The van der Waals surface area contributed by atoms with Crippen molar-refractivity contribution in [2.45, 2.75) is 44.8 Å². The molecule has 1 fully saturated rings. The Labute approximate surface area is 124 Å². The number of amides is 1. The third kappa shape index (κ3) is 3.06. The van der Waals surface area contributed by atoms with Crippen molar-refractivity contribution >= 4 is 11.6 Å². The van der Waals surface area contributed by atoms with Gasteiger partial charge in [-0.1, -0.05) is 31.4 Å². The minimum absolute atomic E-state index is 0.127. The summed E-state index contributed by atoms with van der Waals surface area (Å²) >= 11 is 0. The number of carbonyl (C=O) groups is 1. The second-order valence-electron chi connectivity index (χ2n) is 5.78. The molecule has 0 aromatic heterocycles. The number of nitrogens with one attached hydrogen (secondary N) is 1. The molecule has 5 nitrogen and oxygen atoms in total. The number of carbonyl (C=O) groups excluding carboxylic acids is 1. The minimum atomic E-state index is -0.533. The van der Waals surface area contributed by atoms with E-state index in [-0.39, 0.29) is 11.8 Å². The lowest BCUT2D eigenvalue weighted by atomic mass is 9.89. The highest BCUT2D eigenvalue weighted by molar-refractivity contribution is 5.78. The summed E-state index contributed by atoms with van der Waals surface area (Å²) in [5.41, 5.74) is 0.570. The van der Waals surface area contributed by atoms with Gasteiger partial charge in [-0.25, -0.2) is 0 Å². The molecule has 1 aliphatic heterocycles. The minimum Gasteiger partial charge on any atom is -0.423 e. The molecule has 0 bridgehead atoms. The van der Waals surface area contributed by atoms with Gasteiger partial charge in [-0.3, -0.25) is 4.79 Å². The van der Waals surface area contributed by atoms with E-state index in [4.69, 9.17) is 4.74 Å². The van der Waals surface area contributed by atoms with E-state index in [0.717, 1.165) is 30.4 Å². The van der Waals surface area contributed by atoms with Gasteiger partial charge in [0.05, 0.1) is 11.2 Å². The number of hydrogen-bond acceptors (Lipinski definition) is 3. The zero-order valence-electron chi connectivity index (χ0n) is 12.1. The summed E-state index contributed by atoms with van der Waals surface area (Å²) in [7, 11) is 0. The maximum absolute atomic E-state index is 12.1. The van der Waals surface area contributed by atoms with Gasteiger partial charge in [0, 0.05) is 23.4 Å². The molecule has 1 saturated carbocycles. The number of nitrogens with zero attached hydrogens (tertiary/aromatic N) is 1. The smallest absolute Gasteiger partial charge is 0.352 e. The molecule has 21 heavy (non-hydrogen) atoms. The first kappa shape index (κ1) is 14.0. The summed E-state index contributed by atoms with van der Waals surface area (Å²) in [6, 6.07) is 7.21. The maximum atomic E-state index is 12.1. The van der Waals surface area contributed by atoms with Gasteiger partial charge in [0.2, 0.25) is 11.7 Å². The van der Waals surface area contributed by atoms with E-state index >= 15 is 0 Å². The summed E-state index contributed by atoms with van der Waals surface area (Å²) in [4.78, 5) is 24.1. The normalized spacial score (nSPS) is 21.7. The summed E-state index contributed by atoms with van der Waals surface area (Å²) in [6.45, 7) is 0.479. The number of hydrogen-bond donors (Lipinski definition) is 1. The van der Waals surface area contributed by atoms with Crippen molar-refractivity contribution in [1.29, 1.82) is 0 Å². The van der Waals surface area contributed by atoms with Crippen LogP contribution in [0.4, 0.5) is 5.69 Å². The maximum Gasteiger partial charge on any atom is 0.352 e. The van der Waals surface area contributed by atoms with Gasteiger partial charge in [0.15, 0.2) is 0 Å². The van der Waals surface area contributed by atoms with Gasteiger partial charge in [0.1, 0.15) is 0 Å². The van der Waals surface area contributed by atoms with E-state index < -0.39 is 6.23 Å². The molecule has 112 valence electrons. The molecule has 2 aliphatic rings. The van der Waals surface area contributed by atoms with Crippen molar-refractivity contribution in [2.75, 3.05) is 6.54 Å². The van der Waals surface area contributed by atoms with Crippen LogP contribution in [0.25, 0.3) is 0 Å². The SMILES string of the molecule is O=C(NCCC1Oc2ccccc2[N+]1=O)C1CCCCC1. The van der Waals surface area contributed by atoms with Crippen LogP contribution >= 0.6 is 0 Å². The Balaban J connectivity index is 1.46. The fourth-order valence-corrected chi connectivity index (χ4v) is 3.09. The van der Waals surface area contributed by atoms with Crippen molar-refractivity contribution < 1.29 is 14.3 Å². The fraction of sp³-hybridized carbons (Fsp3) is 0.562. The van der Waals surface area contributed by atoms with Crippen LogP contribution in [-0.2, 0) is 4.79 Å². The van der Waals surface area contributed by atoms with Crippen molar-refractivity contribution in [3.05, 3.63) is 29.2 Å². The highest BCUT2D eigenvalue weighted by Gasteiger charge is 2.39. The van der Waals surface area contributed by atoms with E-state index in [9.17, 15) is 9.70 Å². The van der Waals surface area contributed by atoms with E-state index in [1.165, 1.54) is 6.42 Å². The average molecular weight is 289 g/mol. The van der Waals surface area contributed by atoms with Gasteiger partial charge >= 0.3 is 11.9 Å². The lowest BCUT2D eigenvalue weighted by Gasteiger charge is -2.20. The van der Waals surface area contributed by atoms with Gasteiger partial charge in [-0.2, -0.15) is 0 Å². The Hall–Kier alpha value is -1.91. The number of nitroso groups, excluding NO2 is 1. The van der Waals surface area contributed by atoms with Crippen LogP contribution in [0.3, 0.4) is 0 Å². The third-order valence-corrected chi connectivity index (χ3v) is 4.29. The number of ether oxygens (including phenoxy) is 1. The number of fused-ring (bicyclic) bond motifs is 1. The lowest BCUT2D eigenvalue weighted by molar-refractivity contribution is -0.529. The average Bonchev–Trinajstić information content (AvgIpc) is 2.85. The molecule has 0 radical (unpaired) electrons. The predicted octanol–water partition coefficient (Wildman–Crippen LogP) is 2.90. The van der Waals surface area contributed by atoms with Gasteiger partial charge < -0.3 is 10.1 Å². The second kappa shape index (κ2) is 6.24. The van der Waals surface area contributed by atoms with Crippen molar-refractivity contribution in [3.63, 3.8) is 0 Å². The van der Waals surface area contributed by atoms with Crippen LogP contribution in [0, 0.1) is 10.8 Å². The van der Waals surface area contributed by atoms with Crippen LogP contribution in [0.15, 0.2) is 24.3 Å². The van der Waals surface area contributed by atoms with Crippen LogP contribution in [0.1, 0.15) is 38.5 Å². The van der Waals surface area contributed by atoms with E-state index in [0.29, 0.717) is 24.4 Å². The number of para-hydroxylation sites is 2. The first-order valence-electron chi connectivity index (χ1n) is 7.75. The highest BCUT2D eigenvalue weighted by Crippen LogP contribution is 2.35. The van der Waals surface area contributed by atoms with Crippen molar-refractivity contribution in [3.8, 4) is 5.75 Å². The van der Waals surface area contributed by atoms with Crippen LogP contribution < -0.4 is 10.1 Å². The Bertz CT molecular complexity index is 538. The van der Waals surface area contributed by atoms with Crippen molar-refractivity contribution in [1.82, 2.24) is 5.32 Å². The molecule has 0 saturated heterocycles. The Kier molecular flexibility index (Phi) is 4.18. The van der Waals surface area contributed by atoms with Gasteiger partial charge in [0.25, 0.3) is 0 Å². The first-order chi connectivity index (χ1) is 10.3. The summed E-state index contributed by atoms with van der Waals surface area (Å²) in [5.74, 6) is 0.905. The van der Waals surface area contributed by atoms with E-state index in [2.05, 4.69) is 5.32 Å². The van der Waals surface area contributed by atoms with Crippen LogP contribution in [0.2, 0.25) is 0 Å². The molecule has 1 aliphatic carbocycles. The quantitative estimate of drug-likeness (QED) is 0.867. The molecule has 1 aromatic rings. The number of benzene rings is 1. The molecule has 1 atom stereocenters. The Morgan fingerprint density at radius 2 is 2.00 bits per heavy atom. The standard InChI is InChI=1S/C16H20N2O3/c19-16(12-6-2-1-3-7-12)17-11-10-15-18(20)13-8-4-5-9-14(13)21-15/h4-5,8-9,12,15H,1-3,6-7,10-11H2/p+1. The van der Waals surface area contributed by atoms with Crippen LogP contribution in [0.5, 0.6) is 5.75 Å². The Morgan fingerprint density at radius 3 is 2.76 bits per heavy atom. The Morgan fingerprint density at radius 1 is 1.24 bits per heavy atom. The highest BCUT2D eigenvalue weighted by atomic mass is 16.5. The van der Waals surface area contributed by atoms with Crippen LogP contribution in [-0.4, -0.2) is 23.4 Å². The molecule has 1 N–H and O–H groups in total. The molecule has 1 unspecified atom stereocenters. The molecule has 1 aromatic carbocycles. The number of rotatable bonds is 4. The van der Waals surface area contributed by atoms with E-state index in [1.54, 1.807) is 12.1 Å². The van der Waals surface area contributed by atoms with Gasteiger partial charge in [-0.15, -0.1) is 0 Å². The molecule has 3 rings (SSSR count). The topological polar surface area (TPSA) is 58.4 Å². The zero-order valence-corrected chi connectivity index (χ0v) is 12.1. The second-order valence-corrected chi connectivity index (χ2v) is 5.78. The molecular weight excluding hydrogens is 268 g/mol. The molecular formula is C16H21N2O3+.